The molecule has 0 bridgehead atoms. The molecule has 2 heterocycles. The molecule has 1 saturated heterocycles. The second-order valence-electron chi connectivity index (χ2n) is 11.3. The van der Waals surface area contributed by atoms with E-state index in [0.29, 0.717) is 13.2 Å². The first-order valence-corrected chi connectivity index (χ1v) is 15.7. The first kappa shape index (κ1) is 28.9. The Hall–Kier alpha value is -4.22. The molecule has 0 spiro atoms. The predicted octanol–water partition coefficient (Wildman–Crippen LogP) is 8.51. The summed E-state index contributed by atoms with van der Waals surface area (Å²) in [6.45, 7) is 10.3. The highest BCUT2D eigenvalue weighted by atomic mass is 16.5. The van der Waals surface area contributed by atoms with Crippen LogP contribution in [0.25, 0.3) is 22.2 Å². The van der Waals surface area contributed by atoms with E-state index in [1.807, 2.05) is 13.0 Å². The van der Waals surface area contributed by atoms with Gasteiger partial charge in [0.05, 0.1) is 17.8 Å². The molecular formula is C38H42N2O3. The molecule has 0 unspecified atom stereocenters. The van der Waals surface area contributed by atoms with Crippen molar-refractivity contribution in [3.8, 4) is 28.5 Å². The largest absolute Gasteiger partial charge is 0.494 e. The summed E-state index contributed by atoms with van der Waals surface area (Å²) in [6, 6.07) is 33.8. The lowest BCUT2D eigenvalue weighted by Gasteiger charge is -2.26. The zero-order chi connectivity index (χ0) is 29.4. The van der Waals surface area contributed by atoms with Gasteiger partial charge in [-0.05, 0) is 111 Å². The molecule has 4 aromatic carbocycles. The number of ether oxygens (including phenoxy) is 3. The van der Waals surface area contributed by atoms with Gasteiger partial charge in [-0.15, -0.1) is 0 Å². The standard InChI is InChI=1S/C38H42N2O3/c1-3-41-33-21-17-32(18-22-33)38-29(2)37-35(13-10-14-36(37)43-28-31-11-6-4-7-12-31)40(38)27-30-15-19-34(20-16-30)42-26-25-39-23-8-5-9-24-39/h4,6-7,10-22H,3,5,8-9,23-28H2,1-2H3. The first-order valence-electron chi connectivity index (χ1n) is 15.7. The van der Waals surface area contributed by atoms with Crippen LogP contribution in [-0.4, -0.2) is 42.3 Å². The molecule has 0 N–H and O–H groups in total. The number of hydrogen-bond acceptors (Lipinski definition) is 4. The molecular weight excluding hydrogens is 532 g/mol. The van der Waals surface area contributed by atoms with Crippen molar-refractivity contribution in [1.29, 1.82) is 0 Å². The third kappa shape index (κ3) is 6.89. The molecule has 0 aliphatic carbocycles. The van der Waals surface area contributed by atoms with Crippen LogP contribution in [0.3, 0.4) is 0 Å². The number of likely N-dealkylation sites (tertiary alicyclic amines) is 1. The van der Waals surface area contributed by atoms with Gasteiger partial charge in [0.2, 0.25) is 0 Å². The number of piperidine rings is 1. The molecule has 1 fully saturated rings. The van der Waals surface area contributed by atoms with E-state index in [1.165, 1.54) is 49.2 Å². The maximum Gasteiger partial charge on any atom is 0.129 e. The van der Waals surface area contributed by atoms with E-state index in [9.17, 15) is 0 Å². The van der Waals surface area contributed by atoms with Crippen molar-refractivity contribution in [2.24, 2.45) is 0 Å². The van der Waals surface area contributed by atoms with Gasteiger partial charge in [0.15, 0.2) is 0 Å². The summed E-state index contributed by atoms with van der Waals surface area (Å²) >= 11 is 0. The predicted molar refractivity (Wildman–Crippen MR) is 175 cm³/mol. The smallest absolute Gasteiger partial charge is 0.129 e. The summed E-state index contributed by atoms with van der Waals surface area (Å²) in [5.41, 5.74) is 7.10. The van der Waals surface area contributed by atoms with Crippen molar-refractivity contribution < 1.29 is 14.2 Å². The van der Waals surface area contributed by atoms with E-state index in [-0.39, 0.29) is 0 Å². The van der Waals surface area contributed by atoms with Crippen LogP contribution in [0.1, 0.15) is 42.9 Å². The van der Waals surface area contributed by atoms with Crippen molar-refractivity contribution >= 4 is 10.9 Å². The van der Waals surface area contributed by atoms with Gasteiger partial charge in [0.25, 0.3) is 0 Å². The minimum Gasteiger partial charge on any atom is -0.494 e. The van der Waals surface area contributed by atoms with E-state index < -0.39 is 0 Å². The molecule has 0 radical (unpaired) electrons. The minimum atomic E-state index is 0.530. The Labute approximate surface area is 255 Å². The number of rotatable bonds is 12. The summed E-state index contributed by atoms with van der Waals surface area (Å²) in [7, 11) is 0. The molecule has 5 heteroatoms. The molecule has 5 nitrogen and oxygen atoms in total. The molecule has 1 aliphatic rings. The van der Waals surface area contributed by atoms with Gasteiger partial charge in [-0.2, -0.15) is 0 Å². The third-order valence-electron chi connectivity index (χ3n) is 8.36. The summed E-state index contributed by atoms with van der Waals surface area (Å²) in [5, 5.41) is 1.15. The van der Waals surface area contributed by atoms with Crippen molar-refractivity contribution in [3.05, 3.63) is 114 Å². The molecule has 0 atom stereocenters. The van der Waals surface area contributed by atoms with Gasteiger partial charge in [-0.3, -0.25) is 4.90 Å². The quantitative estimate of drug-likeness (QED) is 0.150. The van der Waals surface area contributed by atoms with E-state index >= 15 is 0 Å². The van der Waals surface area contributed by atoms with Gasteiger partial charge in [-0.25, -0.2) is 0 Å². The van der Waals surface area contributed by atoms with Gasteiger partial charge >= 0.3 is 0 Å². The molecule has 5 aromatic rings. The van der Waals surface area contributed by atoms with E-state index in [4.69, 9.17) is 14.2 Å². The number of aryl methyl sites for hydroxylation is 1. The number of benzene rings is 4. The van der Waals surface area contributed by atoms with Crippen LogP contribution in [0.2, 0.25) is 0 Å². The number of fused-ring (bicyclic) bond motifs is 1. The van der Waals surface area contributed by atoms with E-state index in [1.54, 1.807) is 0 Å². The Morgan fingerprint density at radius 1 is 0.674 bits per heavy atom. The Balaban J connectivity index is 1.28. The maximum atomic E-state index is 6.44. The van der Waals surface area contributed by atoms with Crippen LogP contribution in [0.15, 0.2) is 97.1 Å². The highest BCUT2D eigenvalue weighted by Crippen LogP contribution is 2.39. The van der Waals surface area contributed by atoms with Gasteiger partial charge in [0.1, 0.15) is 30.5 Å². The normalized spacial score (nSPS) is 13.7. The van der Waals surface area contributed by atoms with Crippen molar-refractivity contribution in [3.63, 3.8) is 0 Å². The average Bonchev–Trinajstić information content (AvgIpc) is 3.33. The second-order valence-corrected chi connectivity index (χ2v) is 11.3. The fourth-order valence-electron chi connectivity index (χ4n) is 6.18. The molecule has 1 aromatic heterocycles. The van der Waals surface area contributed by atoms with Crippen LogP contribution >= 0.6 is 0 Å². The third-order valence-corrected chi connectivity index (χ3v) is 8.36. The lowest BCUT2D eigenvalue weighted by atomic mass is 10.1. The number of hydrogen-bond donors (Lipinski definition) is 0. The Morgan fingerprint density at radius 2 is 1.40 bits per heavy atom. The molecule has 43 heavy (non-hydrogen) atoms. The molecule has 0 amide bonds. The average molecular weight is 575 g/mol. The first-order chi connectivity index (χ1) is 21.2. The van der Waals surface area contributed by atoms with Crippen LogP contribution in [0.5, 0.6) is 17.2 Å². The van der Waals surface area contributed by atoms with Gasteiger partial charge in [-0.1, -0.05) is 55.0 Å². The van der Waals surface area contributed by atoms with Gasteiger partial charge < -0.3 is 18.8 Å². The SMILES string of the molecule is CCOc1ccc(-c2c(C)c3c(OCc4ccccc4)cccc3n2Cc2ccc(OCCN3CCCCC3)cc2)cc1. The molecule has 222 valence electrons. The van der Waals surface area contributed by atoms with Crippen LogP contribution in [0.4, 0.5) is 0 Å². The zero-order valence-electron chi connectivity index (χ0n) is 25.4. The summed E-state index contributed by atoms with van der Waals surface area (Å²) in [5.74, 6) is 2.72. The Bertz CT molecular complexity index is 1600. The lowest BCUT2D eigenvalue weighted by Crippen LogP contribution is -2.33. The lowest BCUT2D eigenvalue weighted by molar-refractivity contribution is 0.183. The minimum absolute atomic E-state index is 0.530. The monoisotopic (exact) mass is 574 g/mol. The van der Waals surface area contributed by atoms with Crippen molar-refractivity contribution in [2.45, 2.75) is 46.3 Å². The van der Waals surface area contributed by atoms with E-state index in [2.05, 4.69) is 107 Å². The molecule has 0 saturated carbocycles. The second kappa shape index (κ2) is 13.8. The maximum absolute atomic E-state index is 6.44. The number of nitrogens with zero attached hydrogens (tertiary/aromatic N) is 2. The Kier molecular flexibility index (Phi) is 9.29. The number of aromatic nitrogens is 1. The van der Waals surface area contributed by atoms with Crippen LogP contribution < -0.4 is 14.2 Å². The zero-order valence-corrected chi connectivity index (χ0v) is 25.4. The summed E-state index contributed by atoms with van der Waals surface area (Å²) in [6.07, 6.45) is 3.97. The van der Waals surface area contributed by atoms with Crippen LogP contribution in [0, 0.1) is 6.92 Å². The highest BCUT2D eigenvalue weighted by Gasteiger charge is 2.20. The van der Waals surface area contributed by atoms with Gasteiger partial charge in [0, 0.05) is 18.5 Å². The van der Waals surface area contributed by atoms with Crippen molar-refractivity contribution in [1.82, 2.24) is 9.47 Å². The van der Waals surface area contributed by atoms with Crippen LogP contribution in [-0.2, 0) is 13.2 Å². The molecule has 6 rings (SSSR count). The summed E-state index contributed by atoms with van der Waals surface area (Å²) in [4.78, 5) is 2.51. The highest BCUT2D eigenvalue weighted by molar-refractivity contribution is 5.96. The topological polar surface area (TPSA) is 35.9 Å². The Morgan fingerprint density at radius 3 is 2.14 bits per heavy atom. The van der Waals surface area contributed by atoms with Crippen molar-refractivity contribution in [2.75, 3.05) is 32.8 Å². The fraction of sp³-hybridized carbons (Fsp3) is 0.316. The fourth-order valence-corrected chi connectivity index (χ4v) is 6.18. The molecule has 1 aliphatic heterocycles. The summed E-state index contributed by atoms with van der Waals surface area (Å²) < 4.78 is 20.7. The van der Waals surface area contributed by atoms with E-state index in [0.717, 1.165) is 59.0 Å².